The largest absolute Gasteiger partial charge is 0.487 e. The molecular weight excluding hydrogens is 127 g/mol. The van der Waals surface area contributed by atoms with Gasteiger partial charge in [-0.05, 0) is 19.3 Å². The summed E-state index contributed by atoms with van der Waals surface area (Å²) in [5.74, 6) is 0. The summed E-state index contributed by atoms with van der Waals surface area (Å²) in [6.07, 6.45) is 5.18. The Morgan fingerprint density at radius 2 is 2.30 bits per heavy atom. The SMILES string of the molecule is C=CCCCCO[B]OC. The third kappa shape index (κ3) is 7.72. The van der Waals surface area contributed by atoms with E-state index in [1.165, 1.54) is 7.69 Å². The van der Waals surface area contributed by atoms with Crippen LogP contribution in [0, 0.1) is 0 Å². The second-order valence-corrected chi connectivity index (χ2v) is 1.99. The smallest absolute Gasteiger partial charge is 0.416 e. The van der Waals surface area contributed by atoms with Gasteiger partial charge < -0.3 is 9.31 Å². The molecule has 0 heterocycles. The van der Waals surface area contributed by atoms with Gasteiger partial charge >= 0.3 is 7.69 Å². The predicted molar refractivity (Wildman–Crippen MR) is 42.8 cm³/mol. The molecule has 0 unspecified atom stereocenters. The average molecular weight is 141 g/mol. The Balaban J connectivity index is 2.70. The lowest BCUT2D eigenvalue weighted by Gasteiger charge is -1.98. The molecule has 0 rings (SSSR count). The van der Waals surface area contributed by atoms with Gasteiger partial charge in [-0.1, -0.05) is 6.08 Å². The molecule has 10 heavy (non-hydrogen) atoms. The maximum absolute atomic E-state index is 4.95. The van der Waals surface area contributed by atoms with Gasteiger partial charge in [0.05, 0.1) is 0 Å². The third-order valence-electron chi connectivity index (χ3n) is 1.08. The van der Waals surface area contributed by atoms with Crippen LogP contribution in [0.1, 0.15) is 19.3 Å². The first-order valence-corrected chi connectivity index (χ1v) is 3.48. The van der Waals surface area contributed by atoms with Crippen LogP contribution in [0.5, 0.6) is 0 Å². The van der Waals surface area contributed by atoms with Crippen molar-refractivity contribution in [1.29, 1.82) is 0 Å². The van der Waals surface area contributed by atoms with Crippen LogP contribution < -0.4 is 0 Å². The maximum Gasteiger partial charge on any atom is 0.487 e. The lowest BCUT2D eigenvalue weighted by atomic mass is 10.2. The summed E-state index contributed by atoms with van der Waals surface area (Å²) >= 11 is 0. The van der Waals surface area contributed by atoms with Crippen LogP contribution in [0.15, 0.2) is 12.7 Å². The molecule has 0 spiro atoms. The van der Waals surface area contributed by atoms with Crippen LogP contribution in [0.3, 0.4) is 0 Å². The fraction of sp³-hybridized carbons (Fsp3) is 0.714. The first kappa shape index (κ1) is 9.72. The third-order valence-corrected chi connectivity index (χ3v) is 1.08. The average Bonchev–Trinajstić information content (AvgIpc) is 1.97. The minimum absolute atomic E-state index is 0.738. The minimum atomic E-state index is 0.738. The standard InChI is InChI=1S/C7H14BO2/c1-3-4-5-6-7-10-8-9-2/h3H,1,4-7H2,2H3. The molecule has 0 bridgehead atoms. The highest BCUT2D eigenvalue weighted by Crippen LogP contribution is 1.94. The summed E-state index contributed by atoms with van der Waals surface area (Å²) in [5.41, 5.74) is 0. The molecule has 2 nitrogen and oxygen atoms in total. The normalized spacial score (nSPS) is 9.30. The van der Waals surface area contributed by atoms with Crippen molar-refractivity contribution in [2.75, 3.05) is 13.7 Å². The summed E-state index contributed by atoms with van der Waals surface area (Å²) in [6, 6.07) is 0. The van der Waals surface area contributed by atoms with Gasteiger partial charge in [0.15, 0.2) is 0 Å². The molecule has 3 heteroatoms. The van der Waals surface area contributed by atoms with Crippen LogP contribution in [0.25, 0.3) is 0 Å². The molecular formula is C7H14BO2. The summed E-state index contributed by atoms with van der Waals surface area (Å²) in [5, 5.41) is 0. The Morgan fingerprint density at radius 3 is 2.90 bits per heavy atom. The van der Waals surface area contributed by atoms with Crippen LogP contribution in [0.4, 0.5) is 0 Å². The first-order valence-electron chi connectivity index (χ1n) is 3.48. The molecule has 0 saturated heterocycles. The van der Waals surface area contributed by atoms with Crippen molar-refractivity contribution in [3.8, 4) is 0 Å². The zero-order chi connectivity index (χ0) is 7.66. The van der Waals surface area contributed by atoms with Crippen LogP contribution >= 0.6 is 0 Å². The Morgan fingerprint density at radius 1 is 1.50 bits per heavy atom. The van der Waals surface area contributed by atoms with Crippen molar-refractivity contribution in [2.24, 2.45) is 0 Å². The van der Waals surface area contributed by atoms with Gasteiger partial charge in [0.2, 0.25) is 0 Å². The highest BCUT2D eigenvalue weighted by molar-refractivity contribution is 6.17. The molecule has 0 saturated carbocycles. The number of unbranched alkanes of at least 4 members (excludes halogenated alkanes) is 2. The summed E-state index contributed by atoms with van der Waals surface area (Å²) < 4.78 is 9.53. The van der Waals surface area contributed by atoms with Gasteiger partial charge in [-0.25, -0.2) is 0 Å². The van der Waals surface area contributed by atoms with Gasteiger partial charge in [-0.15, -0.1) is 6.58 Å². The Kier molecular flexibility index (Phi) is 8.48. The molecule has 0 fully saturated rings. The van der Waals surface area contributed by atoms with E-state index in [-0.39, 0.29) is 0 Å². The summed E-state index contributed by atoms with van der Waals surface area (Å²) in [6.45, 7) is 4.36. The van der Waals surface area contributed by atoms with E-state index in [1.54, 1.807) is 7.11 Å². The van der Waals surface area contributed by atoms with E-state index in [0.717, 1.165) is 25.9 Å². The maximum atomic E-state index is 4.95. The van der Waals surface area contributed by atoms with E-state index in [1.807, 2.05) is 6.08 Å². The van der Waals surface area contributed by atoms with E-state index in [0.29, 0.717) is 0 Å². The summed E-state index contributed by atoms with van der Waals surface area (Å²) in [7, 11) is 2.93. The fourth-order valence-electron chi connectivity index (χ4n) is 0.590. The second kappa shape index (κ2) is 8.72. The Bertz CT molecular complexity index is 76.0. The molecule has 0 atom stereocenters. The van der Waals surface area contributed by atoms with E-state index in [9.17, 15) is 0 Å². The second-order valence-electron chi connectivity index (χ2n) is 1.99. The van der Waals surface area contributed by atoms with Gasteiger partial charge in [0.1, 0.15) is 0 Å². The quantitative estimate of drug-likeness (QED) is 0.304. The molecule has 0 aliphatic rings. The van der Waals surface area contributed by atoms with Crippen LogP contribution in [-0.2, 0) is 9.31 Å². The van der Waals surface area contributed by atoms with Crippen molar-refractivity contribution in [3.05, 3.63) is 12.7 Å². The van der Waals surface area contributed by atoms with Gasteiger partial charge in [0.25, 0.3) is 0 Å². The Hall–Kier alpha value is -0.275. The molecule has 0 aromatic carbocycles. The van der Waals surface area contributed by atoms with E-state index >= 15 is 0 Å². The molecule has 1 radical (unpaired) electrons. The number of rotatable bonds is 7. The van der Waals surface area contributed by atoms with Crippen molar-refractivity contribution >= 4 is 7.69 Å². The van der Waals surface area contributed by atoms with Crippen molar-refractivity contribution in [2.45, 2.75) is 19.3 Å². The molecule has 0 amide bonds. The Labute approximate surface area is 63.5 Å². The lowest BCUT2D eigenvalue weighted by Crippen LogP contribution is -2.02. The minimum Gasteiger partial charge on any atom is -0.416 e. The topological polar surface area (TPSA) is 18.5 Å². The van der Waals surface area contributed by atoms with Crippen LogP contribution in [-0.4, -0.2) is 21.4 Å². The van der Waals surface area contributed by atoms with Gasteiger partial charge in [-0.2, -0.15) is 0 Å². The van der Waals surface area contributed by atoms with Crippen molar-refractivity contribution in [3.63, 3.8) is 0 Å². The first-order chi connectivity index (χ1) is 4.91. The van der Waals surface area contributed by atoms with Gasteiger partial charge in [0, 0.05) is 13.7 Å². The molecule has 0 aromatic heterocycles. The monoisotopic (exact) mass is 141 g/mol. The molecule has 0 aliphatic carbocycles. The molecule has 57 valence electrons. The predicted octanol–water partition coefficient (Wildman–Crippen LogP) is 1.54. The lowest BCUT2D eigenvalue weighted by molar-refractivity contribution is 0.250. The van der Waals surface area contributed by atoms with Crippen LogP contribution in [0.2, 0.25) is 0 Å². The zero-order valence-electron chi connectivity index (χ0n) is 6.51. The molecule has 0 aromatic rings. The molecule has 0 aliphatic heterocycles. The zero-order valence-corrected chi connectivity index (χ0v) is 6.51. The number of hydrogen-bond acceptors (Lipinski definition) is 2. The van der Waals surface area contributed by atoms with Crippen molar-refractivity contribution in [1.82, 2.24) is 0 Å². The van der Waals surface area contributed by atoms with Crippen molar-refractivity contribution < 1.29 is 9.31 Å². The van der Waals surface area contributed by atoms with E-state index < -0.39 is 0 Å². The summed E-state index contributed by atoms with van der Waals surface area (Å²) in [4.78, 5) is 0. The molecule has 0 N–H and O–H groups in total. The fourth-order valence-corrected chi connectivity index (χ4v) is 0.590. The van der Waals surface area contributed by atoms with E-state index in [2.05, 4.69) is 11.2 Å². The number of allylic oxidation sites excluding steroid dienone is 1. The highest BCUT2D eigenvalue weighted by Gasteiger charge is 1.89. The van der Waals surface area contributed by atoms with Gasteiger partial charge in [-0.3, -0.25) is 0 Å². The number of hydrogen-bond donors (Lipinski definition) is 0. The van der Waals surface area contributed by atoms with E-state index in [4.69, 9.17) is 4.65 Å². The highest BCUT2D eigenvalue weighted by atomic mass is 16.6.